The molecule has 0 atom stereocenters. The summed E-state index contributed by atoms with van der Waals surface area (Å²) < 4.78 is 16.7. The van der Waals surface area contributed by atoms with E-state index in [1.54, 1.807) is 0 Å². The zero-order valence-corrected chi connectivity index (χ0v) is 5.12. The Labute approximate surface area is 58.6 Å². The molecule has 0 aromatic heterocycles. The van der Waals surface area contributed by atoms with Gasteiger partial charge < -0.3 is 9.68 Å². The lowest BCUT2D eigenvalue weighted by atomic mass is 10.3. The van der Waals surface area contributed by atoms with Crippen LogP contribution in [0.4, 0.5) is 4.39 Å². The lowest BCUT2D eigenvalue weighted by Gasteiger charge is -1.98. The molecule has 0 bridgehead atoms. The van der Waals surface area contributed by atoms with Crippen LogP contribution in [0.15, 0.2) is 24.3 Å². The van der Waals surface area contributed by atoms with E-state index in [-0.39, 0.29) is 5.82 Å². The van der Waals surface area contributed by atoms with Crippen LogP contribution >= 0.6 is 0 Å². The standard InChI is InChI=1S/C6H5BFO2/c8-5-1-3-6(4-2-5)10-7-9/h1-4,9H/i8-1. The molecular weight excluding hydrogens is 133 g/mol. The first-order valence-electron chi connectivity index (χ1n) is 2.71. The van der Waals surface area contributed by atoms with Crippen molar-refractivity contribution in [3.63, 3.8) is 0 Å². The number of benzene rings is 1. The van der Waals surface area contributed by atoms with Crippen molar-refractivity contribution in [2.24, 2.45) is 0 Å². The maximum Gasteiger partial charge on any atom is 0.569 e. The largest absolute Gasteiger partial charge is 0.569 e. The SMILES string of the molecule is O[B]Oc1ccc([18F])cc1. The molecule has 10 heavy (non-hydrogen) atoms. The third-order valence-corrected chi connectivity index (χ3v) is 1.00. The summed E-state index contributed by atoms with van der Waals surface area (Å²) in [6.45, 7) is 0. The summed E-state index contributed by atoms with van der Waals surface area (Å²) in [5, 5.41) is 8.15. The Kier molecular flexibility index (Phi) is 2.28. The third kappa shape index (κ3) is 1.74. The number of rotatable bonds is 2. The summed E-state index contributed by atoms with van der Waals surface area (Å²) in [7, 11) is 0.549. The Morgan fingerprint density at radius 1 is 1.30 bits per heavy atom. The normalized spacial score (nSPS) is 9.00. The van der Waals surface area contributed by atoms with E-state index in [1.807, 2.05) is 0 Å². The first-order chi connectivity index (χ1) is 4.83. The highest BCUT2D eigenvalue weighted by atomic mass is 18.2. The number of halogens is 1. The highest BCUT2D eigenvalue weighted by molar-refractivity contribution is 6.17. The van der Waals surface area contributed by atoms with Crippen molar-refractivity contribution < 1.29 is 14.1 Å². The fraction of sp³-hybridized carbons (Fsp3) is 0. The number of hydrogen-bond acceptors (Lipinski definition) is 2. The second-order valence-electron chi connectivity index (χ2n) is 1.68. The summed E-state index contributed by atoms with van der Waals surface area (Å²) in [5.41, 5.74) is 0. The highest BCUT2D eigenvalue weighted by Crippen LogP contribution is 2.09. The van der Waals surface area contributed by atoms with Gasteiger partial charge in [-0.1, -0.05) is 0 Å². The fourth-order valence-electron chi connectivity index (χ4n) is 0.574. The maximum atomic E-state index is 12.2. The van der Waals surface area contributed by atoms with Crippen LogP contribution < -0.4 is 4.65 Å². The topological polar surface area (TPSA) is 29.5 Å². The van der Waals surface area contributed by atoms with Crippen molar-refractivity contribution in [3.05, 3.63) is 30.1 Å². The summed E-state index contributed by atoms with van der Waals surface area (Å²) in [4.78, 5) is 0. The molecule has 0 aliphatic rings. The van der Waals surface area contributed by atoms with Crippen molar-refractivity contribution in [1.82, 2.24) is 0 Å². The van der Waals surface area contributed by atoms with E-state index in [0.717, 1.165) is 0 Å². The molecule has 1 aromatic carbocycles. The van der Waals surface area contributed by atoms with E-state index in [9.17, 15) is 4.39 Å². The first kappa shape index (κ1) is 7.09. The molecule has 1 N–H and O–H groups in total. The minimum Gasteiger partial charge on any atom is -0.537 e. The van der Waals surface area contributed by atoms with Gasteiger partial charge in [-0.15, -0.1) is 0 Å². The van der Waals surface area contributed by atoms with Crippen molar-refractivity contribution >= 4 is 7.69 Å². The van der Waals surface area contributed by atoms with Crippen LogP contribution in [0, 0.1) is 5.82 Å². The molecule has 2 nitrogen and oxygen atoms in total. The van der Waals surface area contributed by atoms with Crippen LogP contribution in [0.5, 0.6) is 5.75 Å². The molecule has 0 fully saturated rings. The lowest BCUT2D eigenvalue weighted by Crippen LogP contribution is -1.99. The zero-order chi connectivity index (χ0) is 7.40. The minimum atomic E-state index is -0.328. The molecule has 0 aliphatic carbocycles. The van der Waals surface area contributed by atoms with Gasteiger partial charge in [0.05, 0.1) is 0 Å². The van der Waals surface area contributed by atoms with E-state index < -0.39 is 0 Å². The summed E-state index contributed by atoms with van der Waals surface area (Å²) in [5.74, 6) is 0.0780. The Morgan fingerprint density at radius 3 is 2.40 bits per heavy atom. The number of hydrogen-bond donors (Lipinski definition) is 1. The molecule has 0 saturated heterocycles. The Bertz CT molecular complexity index is 199. The molecule has 1 aromatic rings. The van der Waals surface area contributed by atoms with Crippen LogP contribution in [0.2, 0.25) is 0 Å². The van der Waals surface area contributed by atoms with Crippen molar-refractivity contribution in [3.8, 4) is 5.75 Å². The van der Waals surface area contributed by atoms with Gasteiger partial charge >= 0.3 is 7.69 Å². The minimum absolute atomic E-state index is 0.328. The molecule has 0 amide bonds. The van der Waals surface area contributed by atoms with Crippen molar-refractivity contribution in [2.75, 3.05) is 0 Å². The monoisotopic (exact) mass is 138 g/mol. The average Bonchev–Trinajstić information content (AvgIpc) is 1.95. The molecule has 0 aliphatic heterocycles. The van der Waals surface area contributed by atoms with Gasteiger partial charge in [0, 0.05) is 0 Å². The zero-order valence-electron chi connectivity index (χ0n) is 5.12. The Morgan fingerprint density at radius 2 is 1.90 bits per heavy atom. The van der Waals surface area contributed by atoms with Gasteiger partial charge in [0.2, 0.25) is 0 Å². The van der Waals surface area contributed by atoms with E-state index in [2.05, 4.69) is 4.65 Å². The molecule has 1 rings (SSSR count). The predicted molar refractivity (Wildman–Crippen MR) is 35.0 cm³/mol. The predicted octanol–water partition coefficient (Wildman–Crippen LogP) is 0.731. The highest BCUT2D eigenvalue weighted by Gasteiger charge is 1.92. The van der Waals surface area contributed by atoms with Crippen LogP contribution in [0.25, 0.3) is 0 Å². The van der Waals surface area contributed by atoms with Gasteiger partial charge in [-0.05, 0) is 24.3 Å². The van der Waals surface area contributed by atoms with Gasteiger partial charge in [0.15, 0.2) is 0 Å². The molecule has 0 spiro atoms. The molecule has 0 unspecified atom stereocenters. The Balaban J connectivity index is 2.69. The second kappa shape index (κ2) is 3.22. The summed E-state index contributed by atoms with van der Waals surface area (Å²) >= 11 is 0. The van der Waals surface area contributed by atoms with E-state index in [4.69, 9.17) is 5.02 Å². The fourth-order valence-corrected chi connectivity index (χ4v) is 0.574. The van der Waals surface area contributed by atoms with Gasteiger partial charge in [-0.2, -0.15) is 0 Å². The van der Waals surface area contributed by atoms with Crippen LogP contribution in [0.3, 0.4) is 0 Å². The van der Waals surface area contributed by atoms with Gasteiger partial charge in [-0.3, -0.25) is 0 Å². The van der Waals surface area contributed by atoms with Crippen LogP contribution in [0.1, 0.15) is 0 Å². The first-order valence-corrected chi connectivity index (χ1v) is 2.71. The average molecular weight is 138 g/mol. The van der Waals surface area contributed by atoms with E-state index >= 15 is 0 Å². The van der Waals surface area contributed by atoms with Gasteiger partial charge in [-0.25, -0.2) is 4.39 Å². The second-order valence-corrected chi connectivity index (χ2v) is 1.68. The van der Waals surface area contributed by atoms with Gasteiger partial charge in [0.1, 0.15) is 11.6 Å². The van der Waals surface area contributed by atoms with E-state index in [0.29, 0.717) is 13.4 Å². The molecular formula is C6H5BFO2. The molecule has 51 valence electrons. The summed E-state index contributed by atoms with van der Waals surface area (Å²) in [6.07, 6.45) is 0. The summed E-state index contributed by atoms with van der Waals surface area (Å²) in [6, 6.07) is 5.34. The van der Waals surface area contributed by atoms with Crippen molar-refractivity contribution in [1.29, 1.82) is 0 Å². The van der Waals surface area contributed by atoms with Crippen molar-refractivity contribution in [2.45, 2.75) is 0 Å². The molecule has 0 saturated carbocycles. The lowest BCUT2D eigenvalue weighted by molar-refractivity contribution is 0.453. The Hall–Kier alpha value is -1.03. The van der Waals surface area contributed by atoms with Crippen LogP contribution in [-0.4, -0.2) is 12.7 Å². The quantitative estimate of drug-likeness (QED) is 0.610. The van der Waals surface area contributed by atoms with Gasteiger partial charge in [0.25, 0.3) is 0 Å². The smallest absolute Gasteiger partial charge is 0.537 e. The van der Waals surface area contributed by atoms with E-state index in [1.165, 1.54) is 24.3 Å². The third-order valence-electron chi connectivity index (χ3n) is 1.00. The maximum absolute atomic E-state index is 12.2. The molecule has 1 radical (unpaired) electrons. The molecule has 0 heterocycles. The molecule has 4 heteroatoms. The van der Waals surface area contributed by atoms with Crippen LogP contribution in [-0.2, 0) is 0 Å².